The maximum Gasteiger partial charge on any atom is 0.253 e. The topological polar surface area (TPSA) is 69.2 Å². The van der Waals surface area contributed by atoms with Gasteiger partial charge in [0, 0.05) is 58.4 Å². The summed E-state index contributed by atoms with van der Waals surface area (Å²) >= 11 is 0. The van der Waals surface area contributed by atoms with Crippen LogP contribution in [0, 0.1) is 0 Å². The number of guanidine groups is 1. The molecule has 0 saturated carbocycles. The first kappa shape index (κ1) is 24.6. The van der Waals surface area contributed by atoms with E-state index in [4.69, 9.17) is 4.74 Å². The Morgan fingerprint density at radius 3 is 2.32 bits per heavy atom. The first-order chi connectivity index (χ1) is 12.8. The van der Waals surface area contributed by atoms with E-state index in [2.05, 4.69) is 34.4 Å². The van der Waals surface area contributed by atoms with Gasteiger partial charge in [-0.3, -0.25) is 14.7 Å². The second-order valence-electron chi connectivity index (χ2n) is 7.59. The molecule has 8 heteroatoms. The molecule has 1 aromatic carbocycles. The predicted octanol–water partition coefficient (Wildman–Crippen LogP) is 1.78. The van der Waals surface area contributed by atoms with E-state index in [0.717, 1.165) is 44.4 Å². The van der Waals surface area contributed by atoms with Crippen LogP contribution in [0.3, 0.4) is 0 Å². The van der Waals surface area contributed by atoms with E-state index in [9.17, 15) is 4.79 Å². The zero-order valence-electron chi connectivity index (χ0n) is 17.6. The van der Waals surface area contributed by atoms with Gasteiger partial charge in [0.05, 0.1) is 13.2 Å². The van der Waals surface area contributed by atoms with Crippen LogP contribution in [0.5, 0.6) is 0 Å². The fraction of sp³-hybridized carbons (Fsp3) is 0.600. The van der Waals surface area contributed by atoms with Gasteiger partial charge in [-0.25, -0.2) is 0 Å². The van der Waals surface area contributed by atoms with E-state index in [1.165, 1.54) is 0 Å². The predicted molar refractivity (Wildman–Crippen MR) is 125 cm³/mol. The highest BCUT2D eigenvalue weighted by Crippen LogP contribution is 2.15. The van der Waals surface area contributed by atoms with E-state index >= 15 is 0 Å². The summed E-state index contributed by atoms with van der Waals surface area (Å²) in [5.41, 5.74) is 1.81. The molecule has 1 amide bonds. The number of nitrogens with one attached hydrogen (secondary N) is 2. The molecule has 2 rings (SSSR count). The Hall–Kier alpha value is -1.39. The van der Waals surface area contributed by atoms with Gasteiger partial charge in [0.15, 0.2) is 5.96 Å². The van der Waals surface area contributed by atoms with E-state index in [1.54, 1.807) is 26.0 Å². The van der Waals surface area contributed by atoms with Gasteiger partial charge in [0.2, 0.25) is 0 Å². The molecule has 0 bridgehead atoms. The van der Waals surface area contributed by atoms with Crippen molar-refractivity contribution in [1.29, 1.82) is 0 Å². The Morgan fingerprint density at radius 1 is 1.18 bits per heavy atom. The quantitative estimate of drug-likeness (QED) is 0.352. The molecule has 28 heavy (non-hydrogen) atoms. The number of rotatable bonds is 6. The maximum absolute atomic E-state index is 11.9. The lowest BCUT2D eigenvalue weighted by Gasteiger charge is -2.41. The van der Waals surface area contributed by atoms with Crippen molar-refractivity contribution in [3.8, 4) is 0 Å². The van der Waals surface area contributed by atoms with Crippen molar-refractivity contribution in [2.45, 2.75) is 25.9 Å². The molecule has 1 fully saturated rings. The number of amides is 1. The van der Waals surface area contributed by atoms with Crippen molar-refractivity contribution in [2.75, 3.05) is 54.0 Å². The van der Waals surface area contributed by atoms with Crippen LogP contribution in [-0.4, -0.2) is 81.2 Å². The van der Waals surface area contributed by atoms with Crippen LogP contribution in [0.15, 0.2) is 29.3 Å². The number of aliphatic imine (C=N–C) groups is 1. The third-order valence-electron chi connectivity index (χ3n) is 4.85. The Labute approximate surface area is 185 Å². The van der Waals surface area contributed by atoms with E-state index in [-0.39, 0.29) is 35.4 Å². The molecule has 0 aromatic heterocycles. The van der Waals surface area contributed by atoms with Crippen LogP contribution in [0.2, 0.25) is 0 Å². The highest BCUT2D eigenvalue weighted by Gasteiger charge is 2.28. The third-order valence-corrected chi connectivity index (χ3v) is 4.85. The summed E-state index contributed by atoms with van der Waals surface area (Å²) in [5.74, 6) is 0.780. The van der Waals surface area contributed by atoms with Gasteiger partial charge >= 0.3 is 0 Å². The summed E-state index contributed by atoms with van der Waals surface area (Å²) in [7, 11) is 5.29. The third kappa shape index (κ3) is 7.21. The van der Waals surface area contributed by atoms with Crippen LogP contribution < -0.4 is 10.6 Å². The largest absolute Gasteiger partial charge is 0.379 e. The summed E-state index contributed by atoms with van der Waals surface area (Å²) < 4.78 is 5.44. The Morgan fingerprint density at radius 2 is 1.79 bits per heavy atom. The summed E-state index contributed by atoms with van der Waals surface area (Å²) in [6.07, 6.45) is 0. The van der Waals surface area contributed by atoms with Gasteiger partial charge in [-0.2, -0.15) is 0 Å². The fourth-order valence-corrected chi connectivity index (χ4v) is 3.01. The van der Waals surface area contributed by atoms with Crippen LogP contribution in [0.4, 0.5) is 0 Å². The number of hydrogen-bond acceptors (Lipinski definition) is 4. The van der Waals surface area contributed by atoms with Gasteiger partial charge in [0.25, 0.3) is 5.91 Å². The van der Waals surface area contributed by atoms with Crippen LogP contribution in [0.1, 0.15) is 29.8 Å². The molecule has 0 atom stereocenters. The summed E-state index contributed by atoms with van der Waals surface area (Å²) in [6.45, 7) is 9.41. The number of carbonyl (C=O) groups excluding carboxylic acids is 1. The molecule has 0 unspecified atom stereocenters. The second kappa shape index (κ2) is 11.6. The molecule has 2 N–H and O–H groups in total. The van der Waals surface area contributed by atoms with Gasteiger partial charge in [-0.15, -0.1) is 24.0 Å². The average molecular weight is 503 g/mol. The van der Waals surface area contributed by atoms with E-state index in [1.807, 2.05) is 24.3 Å². The fourth-order valence-electron chi connectivity index (χ4n) is 3.01. The Bertz CT molecular complexity index is 641. The first-order valence-electron chi connectivity index (χ1n) is 9.41. The highest BCUT2D eigenvalue weighted by atomic mass is 127. The second-order valence-corrected chi connectivity index (χ2v) is 7.59. The van der Waals surface area contributed by atoms with Gasteiger partial charge < -0.3 is 20.3 Å². The minimum Gasteiger partial charge on any atom is -0.379 e. The molecule has 158 valence electrons. The van der Waals surface area contributed by atoms with Crippen molar-refractivity contribution in [1.82, 2.24) is 20.4 Å². The van der Waals surface area contributed by atoms with Crippen LogP contribution >= 0.6 is 24.0 Å². The van der Waals surface area contributed by atoms with Gasteiger partial charge in [0.1, 0.15) is 0 Å². The number of hydrogen-bond donors (Lipinski definition) is 2. The van der Waals surface area contributed by atoms with E-state index in [0.29, 0.717) is 12.1 Å². The molecule has 7 nitrogen and oxygen atoms in total. The normalized spacial score (nSPS) is 15.5. The molecule has 1 saturated heterocycles. The van der Waals surface area contributed by atoms with Crippen molar-refractivity contribution < 1.29 is 9.53 Å². The first-order valence-corrected chi connectivity index (χ1v) is 9.41. The average Bonchev–Trinajstić information content (AvgIpc) is 2.68. The minimum atomic E-state index is 0. The monoisotopic (exact) mass is 503 g/mol. The molecule has 0 spiro atoms. The zero-order chi connectivity index (χ0) is 19.9. The van der Waals surface area contributed by atoms with Crippen LogP contribution in [-0.2, 0) is 11.3 Å². The van der Waals surface area contributed by atoms with Crippen molar-refractivity contribution in [3.05, 3.63) is 35.4 Å². The van der Waals surface area contributed by atoms with Gasteiger partial charge in [-0.1, -0.05) is 12.1 Å². The summed E-state index contributed by atoms with van der Waals surface area (Å²) in [4.78, 5) is 20.3. The number of nitrogens with zero attached hydrogens (tertiary/aromatic N) is 3. The van der Waals surface area contributed by atoms with Crippen LogP contribution in [0.25, 0.3) is 0 Å². The van der Waals surface area contributed by atoms with Crippen molar-refractivity contribution in [3.63, 3.8) is 0 Å². The molecule has 1 heterocycles. The number of ether oxygens (including phenoxy) is 1. The molecule has 0 radical (unpaired) electrons. The molecule has 0 aliphatic carbocycles. The number of halogens is 1. The molecular weight excluding hydrogens is 469 g/mol. The lowest BCUT2D eigenvalue weighted by Crippen LogP contribution is -2.56. The lowest BCUT2D eigenvalue weighted by molar-refractivity contribution is -0.00834. The Balaban J connectivity index is 0.00000392. The molecule has 1 aromatic rings. The standard InChI is InChI=1S/C20H33N5O2.HI/c1-20(2,25-10-12-27-13-11-25)15-23-19(21-3)22-14-16-6-8-17(9-7-16)18(26)24(4)5;/h6-9H,10-15H2,1-5H3,(H2,21,22,23);1H. The van der Waals surface area contributed by atoms with E-state index < -0.39 is 0 Å². The zero-order valence-corrected chi connectivity index (χ0v) is 19.9. The van der Waals surface area contributed by atoms with Crippen molar-refractivity contribution >= 4 is 35.8 Å². The molecule has 1 aliphatic rings. The minimum absolute atomic E-state index is 0. The molecular formula is C20H34IN5O2. The highest BCUT2D eigenvalue weighted by molar-refractivity contribution is 14.0. The van der Waals surface area contributed by atoms with Crippen molar-refractivity contribution in [2.24, 2.45) is 4.99 Å². The number of benzene rings is 1. The SMILES string of the molecule is CN=C(NCc1ccc(C(=O)N(C)C)cc1)NCC(C)(C)N1CCOCC1.I. The Kier molecular flexibility index (Phi) is 10.2. The number of carbonyl (C=O) groups is 1. The summed E-state index contributed by atoms with van der Waals surface area (Å²) in [6, 6.07) is 7.65. The van der Waals surface area contributed by atoms with Gasteiger partial charge in [-0.05, 0) is 31.5 Å². The molecule has 1 aliphatic heterocycles. The maximum atomic E-state index is 11.9. The lowest BCUT2D eigenvalue weighted by atomic mass is 10.0. The number of morpholine rings is 1. The summed E-state index contributed by atoms with van der Waals surface area (Å²) in [5, 5.41) is 6.75. The smallest absolute Gasteiger partial charge is 0.253 e.